The molecule has 1 aromatic heterocycles. The van der Waals surface area contributed by atoms with Crippen LogP contribution in [0.4, 0.5) is 4.39 Å². The van der Waals surface area contributed by atoms with E-state index in [1.807, 2.05) is 91.8 Å². The van der Waals surface area contributed by atoms with Crippen molar-refractivity contribution in [2.45, 2.75) is 62.3 Å². The van der Waals surface area contributed by atoms with E-state index in [1.165, 1.54) is 11.6 Å². The minimum atomic E-state index is -0.320. The highest BCUT2D eigenvalue weighted by Crippen LogP contribution is 2.07. The first-order chi connectivity index (χ1) is 16.4. The van der Waals surface area contributed by atoms with E-state index in [1.54, 1.807) is 31.2 Å². The third-order valence-corrected chi connectivity index (χ3v) is 3.39. The topological polar surface area (TPSA) is 97.2 Å². The Morgan fingerprint density at radius 2 is 1.12 bits per heavy atom. The Morgan fingerprint density at radius 1 is 0.618 bits per heavy atom. The number of aryl methyl sites for hydroxylation is 3. The van der Waals surface area contributed by atoms with Gasteiger partial charge < -0.3 is 0 Å². The summed E-state index contributed by atoms with van der Waals surface area (Å²) in [5.41, 5.74) is 4.03. The second-order valence-corrected chi connectivity index (χ2v) is 5.73. The fourth-order valence-corrected chi connectivity index (χ4v) is 1.75. The SMILES string of the molecule is CC.CC.CC.Cc1ccc(C#N)cc1.Cc1ccc(C#N)cc1F.Cc1ccc(C#N)nn1. The van der Waals surface area contributed by atoms with Gasteiger partial charge in [-0.05, 0) is 62.7 Å². The lowest BCUT2D eigenvalue weighted by atomic mass is 10.1. The summed E-state index contributed by atoms with van der Waals surface area (Å²) >= 11 is 0. The Hall–Kier alpha value is -4.08. The lowest BCUT2D eigenvalue weighted by Gasteiger charge is -1.93. The Bertz CT molecular complexity index is 967. The predicted octanol–water partition coefficient (Wildman–Crippen LogP) is 7.61. The molecule has 0 aliphatic carbocycles. The van der Waals surface area contributed by atoms with Crippen molar-refractivity contribution in [2.75, 3.05) is 0 Å². The summed E-state index contributed by atoms with van der Waals surface area (Å²) in [7, 11) is 0. The molecule has 0 aliphatic heterocycles. The molecule has 0 unspecified atom stereocenters. The second-order valence-electron chi connectivity index (χ2n) is 5.73. The fourth-order valence-electron chi connectivity index (χ4n) is 1.75. The first-order valence-electron chi connectivity index (χ1n) is 11.2. The van der Waals surface area contributed by atoms with E-state index < -0.39 is 0 Å². The Kier molecular flexibility index (Phi) is 23.9. The normalized spacial score (nSPS) is 7.62. The third-order valence-electron chi connectivity index (χ3n) is 3.39. The molecule has 0 saturated carbocycles. The Morgan fingerprint density at radius 3 is 1.50 bits per heavy atom. The zero-order valence-electron chi connectivity index (χ0n) is 21.8. The summed E-state index contributed by atoms with van der Waals surface area (Å²) < 4.78 is 12.6. The maximum atomic E-state index is 12.6. The Balaban J connectivity index is -0.000000381. The molecule has 0 bridgehead atoms. The van der Waals surface area contributed by atoms with Gasteiger partial charge in [-0.2, -0.15) is 20.9 Å². The molecule has 34 heavy (non-hydrogen) atoms. The van der Waals surface area contributed by atoms with Gasteiger partial charge in [-0.25, -0.2) is 4.39 Å². The van der Waals surface area contributed by atoms with Gasteiger partial charge in [0, 0.05) is 0 Å². The molecule has 0 N–H and O–H groups in total. The van der Waals surface area contributed by atoms with Crippen molar-refractivity contribution in [3.8, 4) is 18.2 Å². The van der Waals surface area contributed by atoms with Gasteiger partial charge in [0.15, 0.2) is 5.69 Å². The van der Waals surface area contributed by atoms with Crippen molar-refractivity contribution in [2.24, 2.45) is 0 Å². The van der Waals surface area contributed by atoms with Crippen molar-refractivity contribution < 1.29 is 4.39 Å². The van der Waals surface area contributed by atoms with Gasteiger partial charge in [0.1, 0.15) is 11.9 Å². The van der Waals surface area contributed by atoms with Crippen molar-refractivity contribution in [3.63, 3.8) is 0 Å². The summed E-state index contributed by atoms with van der Waals surface area (Å²) in [5.74, 6) is -0.320. The third kappa shape index (κ3) is 16.6. The first kappa shape index (κ1) is 34.5. The maximum Gasteiger partial charge on any atom is 0.163 e. The number of hydrogen-bond donors (Lipinski definition) is 0. The maximum absolute atomic E-state index is 12.6. The van der Waals surface area contributed by atoms with E-state index >= 15 is 0 Å². The van der Waals surface area contributed by atoms with Crippen LogP contribution >= 0.6 is 0 Å². The van der Waals surface area contributed by atoms with Crippen molar-refractivity contribution in [1.29, 1.82) is 15.8 Å². The molecular weight excluding hydrogens is 425 g/mol. The molecule has 3 rings (SSSR count). The molecule has 0 saturated heterocycles. The van der Waals surface area contributed by atoms with Crippen LogP contribution in [0.5, 0.6) is 0 Å². The number of nitriles is 3. The smallest absolute Gasteiger partial charge is 0.163 e. The fraction of sp³-hybridized carbons (Fsp3) is 0.321. The zero-order chi connectivity index (χ0) is 26.9. The lowest BCUT2D eigenvalue weighted by Crippen LogP contribution is -1.87. The number of benzene rings is 2. The number of aromatic nitrogens is 2. The average molecular weight is 462 g/mol. The second kappa shape index (κ2) is 23.6. The molecule has 0 atom stereocenters. The van der Waals surface area contributed by atoms with Crippen molar-refractivity contribution in [1.82, 2.24) is 10.2 Å². The molecule has 0 spiro atoms. The summed E-state index contributed by atoms with van der Waals surface area (Å²) in [6.07, 6.45) is 0. The van der Waals surface area contributed by atoms with E-state index in [9.17, 15) is 4.39 Å². The van der Waals surface area contributed by atoms with Gasteiger partial charge in [-0.3, -0.25) is 0 Å². The van der Waals surface area contributed by atoms with Crippen LogP contribution in [0.1, 0.15) is 75.2 Å². The highest BCUT2D eigenvalue weighted by atomic mass is 19.1. The number of rotatable bonds is 0. The standard InChI is InChI=1S/C8H6FN.C8H7N.C6H5N3.3C2H6/c1-6-2-3-7(5-10)4-8(6)9;1-7-2-4-8(6-9)5-3-7;1-5-2-3-6(4-7)9-8-5;3*1-2/h2-4H,1H3;2-5H,1H3;2-3H,1H3;3*1-2H3. The molecule has 6 heteroatoms. The lowest BCUT2D eigenvalue weighted by molar-refractivity contribution is 0.618. The van der Waals surface area contributed by atoms with Crippen LogP contribution in [-0.2, 0) is 0 Å². The largest absolute Gasteiger partial charge is 0.207 e. The summed E-state index contributed by atoms with van der Waals surface area (Å²) in [5, 5.41) is 32.3. The van der Waals surface area contributed by atoms with E-state index in [2.05, 4.69) is 16.3 Å². The number of hydrogen-bond acceptors (Lipinski definition) is 5. The summed E-state index contributed by atoms with van der Waals surface area (Å²) in [6.45, 7) is 17.5. The zero-order valence-corrected chi connectivity index (χ0v) is 21.8. The minimum absolute atomic E-state index is 0.320. The van der Waals surface area contributed by atoms with E-state index in [0.717, 1.165) is 11.3 Å². The van der Waals surface area contributed by atoms with Crippen molar-refractivity contribution in [3.05, 3.63) is 94.1 Å². The summed E-state index contributed by atoms with van der Waals surface area (Å²) in [4.78, 5) is 0. The van der Waals surface area contributed by atoms with Crippen LogP contribution in [0, 0.1) is 60.6 Å². The number of halogens is 1. The van der Waals surface area contributed by atoms with Crippen LogP contribution in [0.2, 0.25) is 0 Å². The van der Waals surface area contributed by atoms with Crippen molar-refractivity contribution >= 4 is 0 Å². The molecule has 2 aromatic carbocycles. The molecule has 1 heterocycles. The Labute approximate surface area is 205 Å². The molecule has 180 valence electrons. The monoisotopic (exact) mass is 461 g/mol. The van der Waals surface area contributed by atoms with E-state index in [-0.39, 0.29) is 5.82 Å². The highest BCUT2D eigenvalue weighted by molar-refractivity contribution is 5.32. The summed E-state index contributed by atoms with van der Waals surface area (Å²) in [6, 6.07) is 21.1. The molecule has 0 radical (unpaired) electrons. The highest BCUT2D eigenvalue weighted by Gasteiger charge is 1.96. The molecule has 0 amide bonds. The van der Waals surface area contributed by atoms with Gasteiger partial charge in [0.25, 0.3) is 0 Å². The van der Waals surface area contributed by atoms with E-state index in [0.29, 0.717) is 16.8 Å². The van der Waals surface area contributed by atoms with Gasteiger partial charge in [0.2, 0.25) is 0 Å². The van der Waals surface area contributed by atoms with Crippen LogP contribution in [-0.4, -0.2) is 10.2 Å². The minimum Gasteiger partial charge on any atom is -0.207 e. The molecular formula is C28H36FN5. The van der Waals surface area contributed by atoms with Gasteiger partial charge >= 0.3 is 0 Å². The quantitative estimate of drug-likeness (QED) is 0.343. The van der Waals surface area contributed by atoms with Crippen LogP contribution in [0.15, 0.2) is 54.6 Å². The van der Waals surface area contributed by atoms with Crippen LogP contribution in [0.25, 0.3) is 0 Å². The van der Waals surface area contributed by atoms with Gasteiger partial charge in [0.05, 0.1) is 29.0 Å². The van der Waals surface area contributed by atoms with Gasteiger partial charge in [-0.1, -0.05) is 65.3 Å². The van der Waals surface area contributed by atoms with Crippen LogP contribution in [0.3, 0.4) is 0 Å². The first-order valence-corrected chi connectivity index (χ1v) is 11.2. The molecule has 0 fully saturated rings. The predicted molar refractivity (Wildman–Crippen MR) is 137 cm³/mol. The average Bonchev–Trinajstić information content (AvgIpc) is 2.91. The van der Waals surface area contributed by atoms with Gasteiger partial charge in [-0.15, -0.1) is 5.10 Å². The molecule has 3 aromatic rings. The molecule has 0 aliphatic rings. The van der Waals surface area contributed by atoms with Crippen LogP contribution < -0.4 is 0 Å². The molecule has 5 nitrogen and oxygen atoms in total. The number of nitrogens with zero attached hydrogens (tertiary/aromatic N) is 5. The van der Waals surface area contributed by atoms with E-state index in [4.69, 9.17) is 15.8 Å².